The Morgan fingerprint density at radius 1 is 1.00 bits per heavy atom. The highest BCUT2D eigenvalue weighted by molar-refractivity contribution is 5.23. The average molecular weight is 280 g/mol. The van der Waals surface area contributed by atoms with Gasteiger partial charge in [-0.25, -0.2) is 0 Å². The van der Waals surface area contributed by atoms with Gasteiger partial charge in [-0.2, -0.15) is 0 Å². The van der Waals surface area contributed by atoms with Crippen LogP contribution in [0.5, 0.6) is 0 Å². The van der Waals surface area contributed by atoms with Crippen molar-refractivity contribution in [2.75, 3.05) is 13.1 Å². The van der Waals surface area contributed by atoms with Gasteiger partial charge in [0.05, 0.1) is 0 Å². The third-order valence-electron chi connectivity index (χ3n) is 4.77. The SMILES string of the molecule is CC(C(N)c1ccccc1)N1CCC(c2ccccc2)C1. The molecule has 2 heteroatoms. The van der Waals surface area contributed by atoms with Crippen molar-refractivity contribution in [3.63, 3.8) is 0 Å². The van der Waals surface area contributed by atoms with Crippen molar-refractivity contribution < 1.29 is 0 Å². The summed E-state index contributed by atoms with van der Waals surface area (Å²) in [5.74, 6) is 0.650. The highest BCUT2D eigenvalue weighted by Gasteiger charge is 2.30. The molecule has 2 N–H and O–H groups in total. The van der Waals surface area contributed by atoms with Crippen molar-refractivity contribution in [3.05, 3.63) is 71.8 Å². The Morgan fingerprint density at radius 3 is 2.29 bits per heavy atom. The van der Waals surface area contributed by atoms with E-state index in [4.69, 9.17) is 5.73 Å². The molecule has 0 radical (unpaired) electrons. The first-order chi connectivity index (χ1) is 10.3. The molecule has 2 nitrogen and oxygen atoms in total. The molecule has 2 aromatic carbocycles. The Morgan fingerprint density at radius 2 is 1.62 bits per heavy atom. The number of likely N-dealkylation sites (tertiary alicyclic amines) is 1. The van der Waals surface area contributed by atoms with Crippen LogP contribution in [0.4, 0.5) is 0 Å². The van der Waals surface area contributed by atoms with Crippen molar-refractivity contribution in [1.29, 1.82) is 0 Å². The van der Waals surface area contributed by atoms with Crippen LogP contribution in [-0.2, 0) is 0 Å². The van der Waals surface area contributed by atoms with E-state index in [9.17, 15) is 0 Å². The van der Waals surface area contributed by atoms with Gasteiger partial charge in [0.25, 0.3) is 0 Å². The van der Waals surface area contributed by atoms with E-state index in [0.717, 1.165) is 13.1 Å². The molecule has 1 aliphatic rings. The van der Waals surface area contributed by atoms with Gasteiger partial charge in [0.2, 0.25) is 0 Å². The summed E-state index contributed by atoms with van der Waals surface area (Å²) < 4.78 is 0. The summed E-state index contributed by atoms with van der Waals surface area (Å²) in [5.41, 5.74) is 9.15. The smallest absolute Gasteiger partial charge is 0.0450 e. The lowest BCUT2D eigenvalue weighted by Gasteiger charge is -2.30. The number of hydrogen-bond donors (Lipinski definition) is 1. The van der Waals surface area contributed by atoms with Crippen LogP contribution in [-0.4, -0.2) is 24.0 Å². The summed E-state index contributed by atoms with van der Waals surface area (Å²) >= 11 is 0. The van der Waals surface area contributed by atoms with Crippen LogP contribution in [0, 0.1) is 0 Å². The fourth-order valence-electron chi connectivity index (χ4n) is 3.34. The van der Waals surface area contributed by atoms with E-state index < -0.39 is 0 Å². The molecule has 1 heterocycles. The molecule has 0 amide bonds. The molecule has 3 unspecified atom stereocenters. The largest absolute Gasteiger partial charge is 0.323 e. The molecule has 1 aliphatic heterocycles. The Labute approximate surface area is 127 Å². The van der Waals surface area contributed by atoms with Crippen molar-refractivity contribution in [3.8, 4) is 0 Å². The van der Waals surface area contributed by atoms with Gasteiger partial charge < -0.3 is 5.73 Å². The molecular weight excluding hydrogens is 256 g/mol. The number of nitrogens with zero attached hydrogens (tertiary/aromatic N) is 1. The molecule has 0 saturated carbocycles. The second kappa shape index (κ2) is 6.42. The molecule has 1 fully saturated rings. The summed E-state index contributed by atoms with van der Waals surface area (Å²) in [6, 6.07) is 21.8. The van der Waals surface area contributed by atoms with Crippen LogP contribution < -0.4 is 5.73 Å². The highest BCUT2D eigenvalue weighted by Crippen LogP contribution is 2.30. The monoisotopic (exact) mass is 280 g/mol. The molecule has 0 bridgehead atoms. The maximum atomic E-state index is 6.46. The van der Waals surface area contributed by atoms with Gasteiger partial charge in [-0.3, -0.25) is 4.90 Å². The molecule has 0 aliphatic carbocycles. The fourth-order valence-corrected chi connectivity index (χ4v) is 3.34. The molecule has 1 saturated heterocycles. The first-order valence-corrected chi connectivity index (χ1v) is 7.85. The second-order valence-corrected chi connectivity index (χ2v) is 6.07. The predicted molar refractivity (Wildman–Crippen MR) is 88.2 cm³/mol. The number of nitrogens with two attached hydrogens (primary N) is 1. The minimum Gasteiger partial charge on any atom is -0.323 e. The van der Waals surface area contributed by atoms with Crippen LogP contribution in [0.1, 0.15) is 36.4 Å². The first-order valence-electron chi connectivity index (χ1n) is 7.85. The Bertz CT molecular complexity index is 552. The molecule has 110 valence electrons. The Kier molecular flexibility index (Phi) is 4.37. The van der Waals surface area contributed by atoms with E-state index in [-0.39, 0.29) is 6.04 Å². The van der Waals surface area contributed by atoms with Crippen LogP contribution in [0.2, 0.25) is 0 Å². The minimum absolute atomic E-state index is 0.0840. The lowest BCUT2D eigenvalue weighted by Crippen LogP contribution is -2.39. The quantitative estimate of drug-likeness (QED) is 0.927. The van der Waals surface area contributed by atoms with Gasteiger partial charge in [-0.15, -0.1) is 0 Å². The first kappa shape index (κ1) is 14.3. The fraction of sp³-hybridized carbons (Fsp3) is 0.368. The van der Waals surface area contributed by atoms with Crippen LogP contribution in [0.3, 0.4) is 0 Å². The number of benzene rings is 2. The molecule has 2 aromatic rings. The van der Waals surface area contributed by atoms with Crippen molar-refractivity contribution >= 4 is 0 Å². The summed E-state index contributed by atoms with van der Waals surface area (Å²) in [6.07, 6.45) is 1.23. The van der Waals surface area contributed by atoms with Gasteiger partial charge in [-0.05, 0) is 36.9 Å². The van der Waals surface area contributed by atoms with E-state index >= 15 is 0 Å². The molecule has 3 atom stereocenters. The van der Waals surface area contributed by atoms with E-state index in [1.54, 1.807) is 0 Å². The van der Waals surface area contributed by atoms with E-state index in [1.807, 2.05) is 6.07 Å². The number of rotatable bonds is 4. The summed E-state index contributed by atoms with van der Waals surface area (Å²) in [4.78, 5) is 2.54. The predicted octanol–water partition coefficient (Wildman–Crippen LogP) is 3.56. The summed E-state index contributed by atoms with van der Waals surface area (Å²) in [7, 11) is 0. The lowest BCUT2D eigenvalue weighted by atomic mass is 9.98. The van der Waals surface area contributed by atoms with E-state index in [0.29, 0.717) is 12.0 Å². The molecule has 0 spiro atoms. The maximum absolute atomic E-state index is 6.46. The van der Waals surface area contributed by atoms with Crippen molar-refractivity contribution in [2.24, 2.45) is 5.73 Å². The molecule has 21 heavy (non-hydrogen) atoms. The van der Waals surface area contributed by atoms with E-state index in [2.05, 4.69) is 66.4 Å². The topological polar surface area (TPSA) is 29.3 Å². The van der Waals surface area contributed by atoms with Gasteiger partial charge in [0, 0.05) is 18.6 Å². The zero-order valence-corrected chi connectivity index (χ0v) is 12.7. The zero-order valence-electron chi connectivity index (χ0n) is 12.7. The van der Waals surface area contributed by atoms with Crippen LogP contribution >= 0.6 is 0 Å². The van der Waals surface area contributed by atoms with Crippen molar-refractivity contribution in [2.45, 2.75) is 31.3 Å². The third-order valence-corrected chi connectivity index (χ3v) is 4.77. The normalized spacial score (nSPS) is 22.1. The standard InChI is InChI=1S/C19H24N2/c1-15(19(20)17-10-6-3-7-11-17)21-13-12-18(14-21)16-8-4-2-5-9-16/h2-11,15,18-19H,12-14,20H2,1H3. The Balaban J connectivity index is 1.66. The molecule has 0 aromatic heterocycles. The maximum Gasteiger partial charge on any atom is 0.0450 e. The van der Waals surface area contributed by atoms with Gasteiger partial charge in [0.15, 0.2) is 0 Å². The number of hydrogen-bond acceptors (Lipinski definition) is 2. The van der Waals surface area contributed by atoms with Gasteiger partial charge in [0.1, 0.15) is 0 Å². The third kappa shape index (κ3) is 3.17. The zero-order chi connectivity index (χ0) is 14.7. The van der Waals surface area contributed by atoms with Crippen LogP contribution in [0.15, 0.2) is 60.7 Å². The van der Waals surface area contributed by atoms with Crippen molar-refractivity contribution in [1.82, 2.24) is 4.90 Å². The molecule has 3 rings (SSSR count). The lowest BCUT2D eigenvalue weighted by molar-refractivity contribution is 0.225. The Hall–Kier alpha value is -1.64. The summed E-state index contributed by atoms with van der Waals surface area (Å²) in [6.45, 7) is 4.51. The summed E-state index contributed by atoms with van der Waals surface area (Å²) in [5, 5.41) is 0. The molecular formula is C19H24N2. The van der Waals surface area contributed by atoms with Crippen LogP contribution in [0.25, 0.3) is 0 Å². The average Bonchev–Trinajstić information content (AvgIpc) is 3.05. The van der Waals surface area contributed by atoms with E-state index in [1.165, 1.54) is 17.5 Å². The van der Waals surface area contributed by atoms with Gasteiger partial charge in [-0.1, -0.05) is 60.7 Å². The second-order valence-electron chi connectivity index (χ2n) is 6.07. The highest BCUT2D eigenvalue weighted by atomic mass is 15.2. The van der Waals surface area contributed by atoms with Gasteiger partial charge >= 0.3 is 0 Å². The minimum atomic E-state index is 0.0840.